The molecular weight excluding hydrogens is 264 g/mol. The minimum atomic E-state index is -0.704. The quantitative estimate of drug-likeness (QED) is 0.685. The van der Waals surface area contributed by atoms with Crippen LogP contribution in [0.4, 0.5) is 0 Å². The third kappa shape index (κ3) is 6.65. The first kappa shape index (κ1) is 17.5. The van der Waals surface area contributed by atoms with E-state index in [4.69, 9.17) is 5.11 Å². The lowest BCUT2D eigenvalue weighted by Gasteiger charge is -2.20. The van der Waals surface area contributed by atoms with Gasteiger partial charge in [-0.3, -0.25) is 4.79 Å². The number of aliphatic carboxylic acids is 1. The highest BCUT2D eigenvalue weighted by molar-refractivity contribution is 5.66. The van der Waals surface area contributed by atoms with E-state index >= 15 is 0 Å². The van der Waals surface area contributed by atoms with Gasteiger partial charge in [-0.2, -0.15) is 0 Å². The molecule has 0 radical (unpaired) electrons. The van der Waals surface area contributed by atoms with Crippen molar-refractivity contribution >= 4 is 5.97 Å². The van der Waals surface area contributed by atoms with Crippen molar-refractivity contribution in [2.24, 2.45) is 0 Å². The summed E-state index contributed by atoms with van der Waals surface area (Å²) >= 11 is 0. The maximum Gasteiger partial charge on any atom is 0.303 e. The van der Waals surface area contributed by atoms with Crippen molar-refractivity contribution in [1.82, 2.24) is 0 Å². The van der Waals surface area contributed by atoms with Crippen molar-refractivity contribution in [1.29, 1.82) is 0 Å². The molecule has 0 heterocycles. The van der Waals surface area contributed by atoms with E-state index in [0.717, 1.165) is 44.1 Å². The second-order valence-corrected chi connectivity index (χ2v) is 6.76. The number of benzene rings is 1. The Morgan fingerprint density at radius 1 is 1.05 bits per heavy atom. The summed E-state index contributed by atoms with van der Waals surface area (Å²) in [4.78, 5) is 10.4. The van der Waals surface area contributed by atoms with E-state index < -0.39 is 5.97 Å². The molecule has 2 N–H and O–H groups in total. The Kier molecular flexibility index (Phi) is 6.73. The fourth-order valence-electron chi connectivity index (χ4n) is 2.50. The number of aryl methyl sites for hydroxylation is 1. The normalized spacial score (nSPS) is 11.6. The Hall–Kier alpha value is -1.51. The summed E-state index contributed by atoms with van der Waals surface area (Å²) in [6.45, 7) is 6.29. The smallest absolute Gasteiger partial charge is 0.303 e. The number of hydrogen-bond acceptors (Lipinski definition) is 2. The predicted octanol–water partition coefficient (Wildman–Crippen LogP) is 4.66. The molecule has 0 aliphatic rings. The fourth-order valence-corrected chi connectivity index (χ4v) is 2.50. The van der Waals surface area contributed by atoms with Crippen molar-refractivity contribution in [2.75, 3.05) is 0 Å². The second-order valence-electron chi connectivity index (χ2n) is 6.76. The molecule has 0 unspecified atom stereocenters. The van der Waals surface area contributed by atoms with Gasteiger partial charge < -0.3 is 10.2 Å². The van der Waals surface area contributed by atoms with Crippen LogP contribution in [0.3, 0.4) is 0 Å². The third-order valence-electron chi connectivity index (χ3n) is 3.73. The van der Waals surface area contributed by atoms with Gasteiger partial charge in [0.05, 0.1) is 0 Å². The standard InChI is InChI=1S/C18H28O3/c1-18(2,3)15-12-11-14(13-16(15)19)9-7-5-4-6-8-10-17(20)21/h11-13,19H,4-10H2,1-3H3,(H,20,21). The molecule has 3 nitrogen and oxygen atoms in total. The van der Waals surface area contributed by atoms with Crippen LogP contribution in [0.15, 0.2) is 18.2 Å². The zero-order chi connectivity index (χ0) is 15.9. The summed E-state index contributed by atoms with van der Waals surface area (Å²) in [5.41, 5.74) is 2.12. The van der Waals surface area contributed by atoms with Crippen LogP contribution < -0.4 is 0 Å². The maximum absolute atomic E-state index is 10.4. The highest BCUT2D eigenvalue weighted by Crippen LogP contribution is 2.31. The molecule has 0 saturated carbocycles. The Morgan fingerprint density at radius 2 is 1.67 bits per heavy atom. The summed E-state index contributed by atoms with van der Waals surface area (Å²) in [7, 11) is 0. The lowest BCUT2D eigenvalue weighted by Crippen LogP contribution is -2.11. The predicted molar refractivity (Wildman–Crippen MR) is 85.8 cm³/mol. The zero-order valence-electron chi connectivity index (χ0n) is 13.5. The number of unbranched alkanes of at least 4 members (excludes halogenated alkanes) is 4. The minimum Gasteiger partial charge on any atom is -0.508 e. The first-order valence-corrected chi connectivity index (χ1v) is 7.85. The van der Waals surface area contributed by atoms with Crippen LogP contribution in [0.25, 0.3) is 0 Å². The van der Waals surface area contributed by atoms with E-state index in [1.807, 2.05) is 12.1 Å². The van der Waals surface area contributed by atoms with Gasteiger partial charge in [-0.15, -0.1) is 0 Å². The first-order chi connectivity index (χ1) is 9.80. The third-order valence-corrected chi connectivity index (χ3v) is 3.73. The lowest BCUT2D eigenvalue weighted by molar-refractivity contribution is -0.137. The topological polar surface area (TPSA) is 57.5 Å². The molecule has 3 heteroatoms. The van der Waals surface area contributed by atoms with Crippen LogP contribution in [0.1, 0.15) is 70.4 Å². The summed E-state index contributed by atoms with van der Waals surface area (Å²) in [5, 5.41) is 18.6. The monoisotopic (exact) mass is 292 g/mol. The van der Waals surface area contributed by atoms with Crippen LogP contribution in [-0.2, 0) is 16.6 Å². The largest absolute Gasteiger partial charge is 0.508 e. The van der Waals surface area contributed by atoms with E-state index in [0.29, 0.717) is 5.75 Å². The van der Waals surface area contributed by atoms with Crippen LogP contribution in [0.5, 0.6) is 5.75 Å². The zero-order valence-corrected chi connectivity index (χ0v) is 13.5. The number of carboxylic acid groups (broad SMARTS) is 1. The van der Waals surface area contributed by atoms with Crippen LogP contribution in [0.2, 0.25) is 0 Å². The molecule has 0 saturated heterocycles. The Morgan fingerprint density at radius 3 is 2.24 bits per heavy atom. The van der Waals surface area contributed by atoms with Crippen molar-refractivity contribution in [2.45, 2.75) is 71.1 Å². The average Bonchev–Trinajstić information content (AvgIpc) is 2.35. The van der Waals surface area contributed by atoms with Crippen LogP contribution in [-0.4, -0.2) is 16.2 Å². The van der Waals surface area contributed by atoms with Gasteiger partial charge in [0.25, 0.3) is 0 Å². The Bertz CT molecular complexity index is 458. The molecule has 0 spiro atoms. The molecule has 118 valence electrons. The number of rotatable bonds is 8. The SMILES string of the molecule is CC(C)(C)c1ccc(CCCCCCCC(=O)O)cc1O. The second kappa shape index (κ2) is 8.06. The van der Waals surface area contributed by atoms with E-state index in [1.165, 1.54) is 5.56 Å². The van der Waals surface area contributed by atoms with Crippen LogP contribution >= 0.6 is 0 Å². The summed E-state index contributed by atoms with van der Waals surface area (Å²) in [5.74, 6) is -0.314. The molecule has 0 fully saturated rings. The molecule has 21 heavy (non-hydrogen) atoms. The van der Waals surface area contributed by atoms with E-state index in [1.54, 1.807) is 0 Å². The van der Waals surface area contributed by atoms with Gasteiger partial charge in [0.2, 0.25) is 0 Å². The highest BCUT2D eigenvalue weighted by Gasteiger charge is 2.17. The summed E-state index contributed by atoms with van der Waals surface area (Å²) in [6.07, 6.45) is 6.29. The minimum absolute atomic E-state index is 0.0350. The molecule has 0 atom stereocenters. The first-order valence-electron chi connectivity index (χ1n) is 7.85. The molecular formula is C18H28O3. The average molecular weight is 292 g/mol. The summed E-state index contributed by atoms with van der Waals surface area (Å²) < 4.78 is 0. The van der Waals surface area contributed by atoms with Crippen molar-refractivity contribution in [3.8, 4) is 5.75 Å². The molecule has 0 amide bonds. The van der Waals surface area contributed by atoms with Gasteiger partial charge in [-0.25, -0.2) is 0 Å². The maximum atomic E-state index is 10.4. The van der Waals surface area contributed by atoms with E-state index in [9.17, 15) is 9.90 Å². The van der Waals surface area contributed by atoms with Crippen molar-refractivity contribution < 1.29 is 15.0 Å². The van der Waals surface area contributed by atoms with Gasteiger partial charge in [0.1, 0.15) is 5.75 Å². The molecule has 1 aromatic rings. The number of phenolic OH excluding ortho intramolecular Hbond substituents is 1. The van der Waals surface area contributed by atoms with Gasteiger partial charge in [0.15, 0.2) is 0 Å². The lowest BCUT2D eigenvalue weighted by atomic mass is 9.85. The molecule has 0 bridgehead atoms. The van der Waals surface area contributed by atoms with Crippen molar-refractivity contribution in [3.05, 3.63) is 29.3 Å². The number of aromatic hydroxyl groups is 1. The molecule has 1 aromatic carbocycles. The number of phenols is 1. The molecule has 1 rings (SSSR count). The van der Waals surface area contributed by atoms with E-state index in [2.05, 4.69) is 26.8 Å². The van der Waals surface area contributed by atoms with Gasteiger partial charge in [0, 0.05) is 6.42 Å². The Balaban J connectivity index is 2.30. The number of hydrogen-bond donors (Lipinski definition) is 2. The van der Waals surface area contributed by atoms with Crippen molar-refractivity contribution in [3.63, 3.8) is 0 Å². The summed E-state index contributed by atoms with van der Waals surface area (Å²) in [6, 6.07) is 6.01. The number of carboxylic acids is 1. The van der Waals surface area contributed by atoms with E-state index in [-0.39, 0.29) is 11.8 Å². The number of carbonyl (C=O) groups is 1. The van der Waals surface area contributed by atoms with Crippen LogP contribution in [0, 0.1) is 0 Å². The fraction of sp³-hybridized carbons (Fsp3) is 0.611. The Labute approximate surface area is 128 Å². The molecule has 0 aliphatic carbocycles. The molecule has 0 aliphatic heterocycles. The highest BCUT2D eigenvalue weighted by atomic mass is 16.4. The van der Waals surface area contributed by atoms with Gasteiger partial charge in [-0.1, -0.05) is 52.2 Å². The molecule has 0 aromatic heterocycles. The van der Waals surface area contributed by atoms with Gasteiger partial charge in [-0.05, 0) is 41.9 Å². The van der Waals surface area contributed by atoms with Gasteiger partial charge >= 0.3 is 5.97 Å².